The summed E-state index contributed by atoms with van der Waals surface area (Å²) in [6.07, 6.45) is 3.43. The van der Waals surface area contributed by atoms with Gasteiger partial charge in [-0.3, -0.25) is 9.36 Å². The summed E-state index contributed by atoms with van der Waals surface area (Å²) in [4.78, 5) is 32.7. The second-order valence-corrected chi connectivity index (χ2v) is 8.48. The van der Waals surface area contributed by atoms with Crippen LogP contribution in [0.25, 0.3) is 10.9 Å². The topological polar surface area (TPSA) is 76.5 Å². The molecule has 2 aromatic carbocycles. The Kier molecular flexibility index (Phi) is 6.17. The van der Waals surface area contributed by atoms with Gasteiger partial charge < -0.3 is 15.0 Å². The second kappa shape index (κ2) is 9.02. The first-order valence-corrected chi connectivity index (χ1v) is 11.1. The van der Waals surface area contributed by atoms with Crippen molar-refractivity contribution in [2.45, 2.75) is 39.2 Å². The van der Waals surface area contributed by atoms with Crippen LogP contribution in [0.1, 0.15) is 53.7 Å². The Labute approximate surface area is 188 Å². The SMILES string of the molecule is COC(=O)c1ccccc1NC(C)c1cc(C)cc2c(=O)n(C)c(N3CCCCC3)nc12. The molecule has 0 saturated carbocycles. The van der Waals surface area contributed by atoms with Gasteiger partial charge in [0.1, 0.15) is 0 Å². The fraction of sp³-hybridized carbons (Fsp3) is 0.400. The minimum atomic E-state index is -0.395. The fourth-order valence-electron chi connectivity index (χ4n) is 4.46. The van der Waals surface area contributed by atoms with Gasteiger partial charge in [0.2, 0.25) is 5.95 Å². The van der Waals surface area contributed by atoms with E-state index in [2.05, 4.69) is 16.3 Å². The van der Waals surface area contributed by atoms with Crippen molar-refractivity contribution in [3.05, 3.63) is 63.4 Å². The van der Waals surface area contributed by atoms with E-state index < -0.39 is 5.97 Å². The van der Waals surface area contributed by atoms with Crippen LogP contribution in [0, 0.1) is 6.92 Å². The second-order valence-electron chi connectivity index (χ2n) is 8.48. The van der Waals surface area contributed by atoms with Gasteiger partial charge >= 0.3 is 5.97 Å². The maximum Gasteiger partial charge on any atom is 0.339 e. The average molecular weight is 435 g/mol. The molecule has 1 atom stereocenters. The number of aryl methyl sites for hydroxylation is 1. The van der Waals surface area contributed by atoms with Crippen LogP contribution in [0.4, 0.5) is 11.6 Å². The number of rotatable bonds is 5. The molecule has 1 unspecified atom stereocenters. The zero-order valence-corrected chi connectivity index (χ0v) is 19.1. The molecule has 0 bridgehead atoms. The third kappa shape index (κ3) is 4.07. The molecular formula is C25H30N4O3. The third-order valence-corrected chi connectivity index (χ3v) is 6.14. The lowest BCUT2D eigenvalue weighted by Crippen LogP contribution is -2.35. The molecule has 2 heterocycles. The molecule has 0 amide bonds. The van der Waals surface area contributed by atoms with Gasteiger partial charge in [-0.1, -0.05) is 18.2 Å². The number of methoxy groups -OCH3 is 1. The highest BCUT2D eigenvalue weighted by Gasteiger charge is 2.21. The van der Waals surface area contributed by atoms with Crippen LogP contribution in [0.3, 0.4) is 0 Å². The Bertz CT molecular complexity index is 1210. The molecule has 1 fully saturated rings. The van der Waals surface area contributed by atoms with E-state index in [0.717, 1.165) is 43.0 Å². The van der Waals surface area contributed by atoms with E-state index in [1.54, 1.807) is 23.7 Å². The van der Waals surface area contributed by atoms with Gasteiger partial charge in [-0.15, -0.1) is 0 Å². The largest absolute Gasteiger partial charge is 0.465 e. The van der Waals surface area contributed by atoms with Crippen molar-refractivity contribution < 1.29 is 9.53 Å². The molecule has 4 rings (SSSR count). The zero-order valence-electron chi connectivity index (χ0n) is 19.1. The minimum absolute atomic E-state index is 0.0392. The van der Waals surface area contributed by atoms with Gasteiger partial charge in [0.05, 0.1) is 29.6 Å². The molecule has 7 heteroatoms. The van der Waals surface area contributed by atoms with Crippen LogP contribution < -0.4 is 15.8 Å². The monoisotopic (exact) mass is 434 g/mol. The normalized spacial score (nSPS) is 14.9. The van der Waals surface area contributed by atoms with Crippen molar-refractivity contribution in [3.8, 4) is 0 Å². The predicted molar refractivity (Wildman–Crippen MR) is 128 cm³/mol. The maximum absolute atomic E-state index is 13.3. The summed E-state index contributed by atoms with van der Waals surface area (Å²) >= 11 is 0. The number of hydrogen-bond acceptors (Lipinski definition) is 6. The predicted octanol–water partition coefficient (Wildman–Crippen LogP) is 4.19. The summed E-state index contributed by atoms with van der Waals surface area (Å²) in [6, 6.07) is 11.1. The number of nitrogens with one attached hydrogen (secondary N) is 1. The Morgan fingerprint density at radius 3 is 2.59 bits per heavy atom. The van der Waals surface area contributed by atoms with Crippen LogP contribution in [0.15, 0.2) is 41.2 Å². The Hall–Kier alpha value is -3.35. The smallest absolute Gasteiger partial charge is 0.339 e. The number of anilines is 2. The number of ether oxygens (including phenoxy) is 1. The zero-order chi connectivity index (χ0) is 22.8. The number of esters is 1. The highest BCUT2D eigenvalue weighted by molar-refractivity contribution is 5.95. The van der Waals surface area contributed by atoms with Crippen LogP contribution in [0.5, 0.6) is 0 Å². The lowest BCUT2D eigenvalue weighted by atomic mass is 10.0. The first-order chi connectivity index (χ1) is 15.4. The molecule has 1 aliphatic heterocycles. The van der Waals surface area contributed by atoms with Gasteiger partial charge in [0.25, 0.3) is 5.56 Å². The highest BCUT2D eigenvalue weighted by Crippen LogP contribution is 2.29. The van der Waals surface area contributed by atoms with E-state index in [1.165, 1.54) is 13.5 Å². The van der Waals surface area contributed by atoms with Gasteiger partial charge in [0, 0.05) is 31.4 Å². The lowest BCUT2D eigenvalue weighted by Gasteiger charge is -2.29. The lowest BCUT2D eigenvalue weighted by molar-refractivity contribution is 0.0602. The first-order valence-electron chi connectivity index (χ1n) is 11.1. The number of piperidine rings is 1. The Morgan fingerprint density at radius 1 is 1.16 bits per heavy atom. The van der Waals surface area contributed by atoms with Gasteiger partial charge in [-0.05, 0) is 56.9 Å². The van der Waals surface area contributed by atoms with Crippen LogP contribution in [-0.4, -0.2) is 35.7 Å². The third-order valence-electron chi connectivity index (χ3n) is 6.14. The molecule has 1 saturated heterocycles. The summed E-state index contributed by atoms with van der Waals surface area (Å²) in [6.45, 7) is 5.82. The summed E-state index contributed by atoms with van der Waals surface area (Å²) in [7, 11) is 3.17. The van der Waals surface area contributed by atoms with Gasteiger partial charge in [-0.25, -0.2) is 9.78 Å². The molecule has 0 radical (unpaired) electrons. The molecule has 7 nitrogen and oxygen atoms in total. The maximum atomic E-state index is 13.3. The van der Waals surface area contributed by atoms with Crippen LogP contribution in [-0.2, 0) is 11.8 Å². The number of hydrogen-bond donors (Lipinski definition) is 1. The number of benzene rings is 2. The number of fused-ring (bicyclic) bond motifs is 1. The number of para-hydroxylation sites is 1. The van der Waals surface area contributed by atoms with E-state index >= 15 is 0 Å². The Balaban J connectivity index is 1.81. The summed E-state index contributed by atoms with van der Waals surface area (Å²) < 4.78 is 6.59. The standard InChI is InChI=1S/C25H30N4O3/c1-16-14-19(17(2)26-21-11-7-6-10-18(21)24(31)32-4)22-20(15-16)23(30)28(3)25(27-22)29-12-8-5-9-13-29/h6-7,10-11,14-15,17,26H,5,8-9,12-13H2,1-4H3. The van der Waals surface area contributed by atoms with E-state index in [1.807, 2.05) is 32.0 Å². The number of carbonyl (C=O) groups is 1. The summed E-state index contributed by atoms with van der Waals surface area (Å²) in [5.74, 6) is 0.322. The van der Waals surface area contributed by atoms with Crippen molar-refractivity contribution in [1.29, 1.82) is 0 Å². The van der Waals surface area contributed by atoms with E-state index in [9.17, 15) is 9.59 Å². The van der Waals surface area contributed by atoms with Crippen molar-refractivity contribution in [2.75, 3.05) is 30.4 Å². The highest BCUT2D eigenvalue weighted by atomic mass is 16.5. The fourth-order valence-corrected chi connectivity index (χ4v) is 4.46. The van der Waals surface area contributed by atoms with Crippen molar-refractivity contribution >= 4 is 28.5 Å². The molecule has 0 spiro atoms. The number of aromatic nitrogens is 2. The molecule has 0 aliphatic carbocycles. The van der Waals surface area contributed by atoms with E-state index in [0.29, 0.717) is 22.2 Å². The van der Waals surface area contributed by atoms with E-state index in [4.69, 9.17) is 9.72 Å². The van der Waals surface area contributed by atoms with Crippen molar-refractivity contribution in [3.63, 3.8) is 0 Å². The summed E-state index contributed by atoms with van der Waals surface area (Å²) in [5, 5.41) is 4.04. The van der Waals surface area contributed by atoms with Gasteiger partial charge in [0.15, 0.2) is 0 Å². The molecule has 3 aromatic rings. The van der Waals surface area contributed by atoms with Crippen molar-refractivity contribution in [1.82, 2.24) is 9.55 Å². The first kappa shape index (κ1) is 21.9. The number of carbonyl (C=O) groups excluding carboxylic acids is 1. The Morgan fingerprint density at radius 2 is 1.88 bits per heavy atom. The van der Waals surface area contributed by atoms with Crippen LogP contribution in [0.2, 0.25) is 0 Å². The molecule has 1 aromatic heterocycles. The van der Waals surface area contributed by atoms with Gasteiger partial charge in [-0.2, -0.15) is 0 Å². The molecule has 1 N–H and O–H groups in total. The number of nitrogens with zero attached hydrogens (tertiary/aromatic N) is 3. The van der Waals surface area contributed by atoms with Crippen LogP contribution >= 0.6 is 0 Å². The molecule has 168 valence electrons. The van der Waals surface area contributed by atoms with E-state index in [-0.39, 0.29) is 11.6 Å². The minimum Gasteiger partial charge on any atom is -0.465 e. The average Bonchev–Trinajstić information content (AvgIpc) is 2.81. The quantitative estimate of drug-likeness (QED) is 0.607. The molecule has 1 aliphatic rings. The molecular weight excluding hydrogens is 404 g/mol. The summed E-state index contributed by atoms with van der Waals surface area (Å²) in [5.41, 5.74) is 3.73. The van der Waals surface area contributed by atoms with Crippen molar-refractivity contribution in [2.24, 2.45) is 7.05 Å². The molecule has 32 heavy (non-hydrogen) atoms.